The number of aromatic nitrogens is 2. The van der Waals surface area contributed by atoms with Crippen LogP contribution in [0.25, 0.3) is 5.65 Å². The number of hydrogen-bond acceptors (Lipinski definition) is 5. The van der Waals surface area contributed by atoms with Crippen LogP contribution < -0.4 is 16.5 Å². The maximum atomic E-state index is 11.2. The Balaban J connectivity index is 2.30. The lowest BCUT2D eigenvalue weighted by Gasteiger charge is -2.06. The van der Waals surface area contributed by atoms with Crippen molar-refractivity contribution in [3.63, 3.8) is 0 Å². The average molecular weight is 291 g/mol. The Labute approximate surface area is 123 Å². The van der Waals surface area contributed by atoms with Gasteiger partial charge in [-0.2, -0.15) is 0 Å². The van der Waals surface area contributed by atoms with Crippen molar-refractivity contribution in [3.05, 3.63) is 24.0 Å². The van der Waals surface area contributed by atoms with Crippen LogP contribution in [0.5, 0.6) is 0 Å². The summed E-state index contributed by atoms with van der Waals surface area (Å²) in [6.07, 6.45) is 6.07. The van der Waals surface area contributed by atoms with Crippen LogP contribution in [0.3, 0.4) is 0 Å². The van der Waals surface area contributed by atoms with Gasteiger partial charge in [0.15, 0.2) is 5.65 Å². The van der Waals surface area contributed by atoms with Gasteiger partial charge in [-0.1, -0.05) is 19.8 Å². The Morgan fingerprint density at radius 2 is 2.29 bits per heavy atom. The zero-order valence-corrected chi connectivity index (χ0v) is 12.1. The van der Waals surface area contributed by atoms with Gasteiger partial charge >= 0.3 is 0 Å². The molecule has 0 saturated heterocycles. The van der Waals surface area contributed by atoms with Crippen LogP contribution in [0.4, 0.5) is 11.5 Å². The number of hydroxylamine groups is 1. The normalized spacial score (nSPS) is 10.8. The molecule has 0 aliphatic carbocycles. The van der Waals surface area contributed by atoms with Gasteiger partial charge < -0.3 is 15.5 Å². The standard InChI is InChI=1S/C14H21N5O2/c1-2-3-4-7-11-13(16-9-12(20)18-21)17-14-10(15)6-5-8-19(11)14/h5-6,8,16,21H,2-4,7,9,15H2,1H3,(H,18,20). The van der Waals surface area contributed by atoms with Crippen molar-refractivity contribution in [1.29, 1.82) is 0 Å². The maximum absolute atomic E-state index is 11.2. The van der Waals surface area contributed by atoms with Crippen molar-refractivity contribution in [3.8, 4) is 0 Å². The van der Waals surface area contributed by atoms with E-state index in [-0.39, 0.29) is 6.54 Å². The molecule has 0 spiro atoms. The SMILES string of the molecule is CCCCCc1c(NCC(=O)NO)nc2c(N)cccn12. The molecule has 5 N–H and O–H groups in total. The van der Waals surface area contributed by atoms with E-state index in [1.807, 2.05) is 16.7 Å². The first kappa shape index (κ1) is 15.1. The Morgan fingerprint density at radius 3 is 3.00 bits per heavy atom. The second kappa shape index (κ2) is 6.94. The van der Waals surface area contributed by atoms with Gasteiger partial charge in [0.05, 0.1) is 17.9 Å². The lowest BCUT2D eigenvalue weighted by Crippen LogP contribution is -2.27. The minimum Gasteiger partial charge on any atom is -0.396 e. The summed E-state index contributed by atoms with van der Waals surface area (Å²) in [5.74, 6) is 0.118. The van der Waals surface area contributed by atoms with Crippen LogP contribution >= 0.6 is 0 Å². The lowest BCUT2D eigenvalue weighted by molar-refractivity contribution is -0.127. The largest absolute Gasteiger partial charge is 0.396 e. The van der Waals surface area contributed by atoms with Crippen LogP contribution in [0.2, 0.25) is 0 Å². The number of carbonyl (C=O) groups is 1. The Hall–Kier alpha value is -2.28. The predicted octanol–water partition coefficient (Wildman–Crippen LogP) is 1.57. The van der Waals surface area contributed by atoms with Gasteiger partial charge in [-0.05, 0) is 25.0 Å². The molecule has 0 saturated carbocycles. The fraction of sp³-hybridized carbons (Fsp3) is 0.429. The van der Waals surface area contributed by atoms with Crippen molar-refractivity contribution in [1.82, 2.24) is 14.9 Å². The molecular formula is C14H21N5O2. The van der Waals surface area contributed by atoms with Gasteiger partial charge in [0.25, 0.3) is 5.91 Å². The number of imidazole rings is 1. The van der Waals surface area contributed by atoms with Crippen molar-refractivity contribution in [2.75, 3.05) is 17.6 Å². The zero-order chi connectivity index (χ0) is 15.2. The van der Waals surface area contributed by atoms with E-state index in [1.165, 1.54) is 0 Å². The summed E-state index contributed by atoms with van der Waals surface area (Å²) < 4.78 is 1.95. The first-order chi connectivity index (χ1) is 10.2. The molecule has 7 nitrogen and oxygen atoms in total. The summed E-state index contributed by atoms with van der Waals surface area (Å²) in [5.41, 5.74) is 9.80. The summed E-state index contributed by atoms with van der Waals surface area (Å²) in [6, 6.07) is 3.67. The van der Waals surface area contributed by atoms with Gasteiger partial charge in [0, 0.05) is 6.20 Å². The smallest absolute Gasteiger partial charge is 0.262 e. The quantitative estimate of drug-likeness (QED) is 0.352. The highest BCUT2D eigenvalue weighted by atomic mass is 16.5. The van der Waals surface area contributed by atoms with Crippen molar-refractivity contribution < 1.29 is 10.0 Å². The monoisotopic (exact) mass is 291 g/mol. The fourth-order valence-corrected chi connectivity index (χ4v) is 2.26. The molecule has 7 heteroatoms. The van der Waals surface area contributed by atoms with Crippen molar-refractivity contribution in [2.45, 2.75) is 32.6 Å². The topological polar surface area (TPSA) is 105 Å². The summed E-state index contributed by atoms with van der Waals surface area (Å²) in [4.78, 5) is 15.6. The number of nitrogens with one attached hydrogen (secondary N) is 2. The number of nitrogens with zero attached hydrogens (tertiary/aromatic N) is 2. The highest BCUT2D eigenvalue weighted by Gasteiger charge is 2.14. The minimum absolute atomic E-state index is 0.0406. The number of anilines is 2. The number of hydrogen-bond donors (Lipinski definition) is 4. The summed E-state index contributed by atoms with van der Waals surface area (Å²) in [5, 5.41) is 11.5. The molecule has 0 radical (unpaired) electrons. The molecule has 0 bridgehead atoms. The number of rotatable bonds is 7. The Bertz CT molecular complexity index is 623. The average Bonchev–Trinajstić information content (AvgIpc) is 2.85. The van der Waals surface area contributed by atoms with E-state index in [2.05, 4.69) is 17.2 Å². The predicted molar refractivity (Wildman–Crippen MR) is 81.3 cm³/mol. The first-order valence-corrected chi connectivity index (χ1v) is 7.09. The Kier molecular flexibility index (Phi) is 4.99. The minimum atomic E-state index is -0.514. The van der Waals surface area contributed by atoms with Gasteiger partial charge in [-0.25, -0.2) is 10.5 Å². The third-order valence-corrected chi connectivity index (χ3v) is 3.34. The number of pyridine rings is 1. The van der Waals surface area contributed by atoms with Crippen LogP contribution in [-0.4, -0.2) is 27.0 Å². The number of fused-ring (bicyclic) bond motifs is 1. The second-order valence-electron chi connectivity index (χ2n) is 4.91. The molecule has 0 aliphatic heterocycles. The van der Waals surface area contributed by atoms with E-state index < -0.39 is 5.91 Å². The third kappa shape index (κ3) is 3.43. The lowest BCUT2D eigenvalue weighted by atomic mass is 10.1. The summed E-state index contributed by atoms with van der Waals surface area (Å²) in [7, 11) is 0. The molecule has 2 heterocycles. The molecule has 114 valence electrons. The highest BCUT2D eigenvalue weighted by molar-refractivity contribution is 5.80. The molecule has 21 heavy (non-hydrogen) atoms. The van der Waals surface area contributed by atoms with Gasteiger partial charge in [0.2, 0.25) is 0 Å². The molecule has 2 aromatic heterocycles. The summed E-state index contributed by atoms with van der Waals surface area (Å²) in [6.45, 7) is 2.11. The van der Waals surface area contributed by atoms with Crippen LogP contribution in [0, 0.1) is 0 Å². The van der Waals surface area contributed by atoms with Crippen LogP contribution in [0.1, 0.15) is 31.9 Å². The van der Waals surface area contributed by atoms with E-state index in [1.54, 1.807) is 11.5 Å². The van der Waals surface area contributed by atoms with Crippen molar-refractivity contribution >= 4 is 23.1 Å². The molecule has 0 aliphatic rings. The molecule has 0 aromatic carbocycles. The third-order valence-electron chi connectivity index (χ3n) is 3.34. The first-order valence-electron chi connectivity index (χ1n) is 7.09. The number of amides is 1. The van der Waals surface area contributed by atoms with Gasteiger partial charge in [-0.3, -0.25) is 10.0 Å². The van der Waals surface area contributed by atoms with Gasteiger partial charge in [-0.15, -0.1) is 0 Å². The van der Waals surface area contributed by atoms with Gasteiger partial charge in [0.1, 0.15) is 5.82 Å². The van der Waals surface area contributed by atoms with Crippen molar-refractivity contribution in [2.24, 2.45) is 0 Å². The van der Waals surface area contributed by atoms with E-state index in [0.29, 0.717) is 17.2 Å². The van der Waals surface area contributed by atoms with E-state index in [0.717, 1.165) is 31.4 Å². The highest BCUT2D eigenvalue weighted by Crippen LogP contribution is 2.23. The van der Waals surface area contributed by atoms with E-state index >= 15 is 0 Å². The summed E-state index contributed by atoms with van der Waals surface area (Å²) >= 11 is 0. The number of unbranched alkanes of at least 4 members (excludes halogenated alkanes) is 2. The van der Waals surface area contributed by atoms with Crippen LogP contribution in [-0.2, 0) is 11.2 Å². The molecule has 0 fully saturated rings. The molecule has 0 atom stereocenters. The van der Waals surface area contributed by atoms with Crippen LogP contribution in [0.15, 0.2) is 18.3 Å². The zero-order valence-electron chi connectivity index (χ0n) is 12.1. The number of nitrogen functional groups attached to an aromatic ring is 1. The van der Waals surface area contributed by atoms with E-state index in [9.17, 15) is 4.79 Å². The second-order valence-corrected chi connectivity index (χ2v) is 4.91. The molecule has 2 aromatic rings. The number of nitrogens with two attached hydrogens (primary N) is 1. The number of carbonyl (C=O) groups excluding carboxylic acids is 1. The van der Waals surface area contributed by atoms with E-state index in [4.69, 9.17) is 10.9 Å². The molecular weight excluding hydrogens is 270 g/mol. The number of aryl methyl sites for hydroxylation is 1. The maximum Gasteiger partial charge on any atom is 0.262 e. The molecule has 2 rings (SSSR count). The molecule has 0 unspecified atom stereocenters. The fourth-order valence-electron chi connectivity index (χ4n) is 2.26. The molecule has 1 amide bonds. The Morgan fingerprint density at radius 1 is 1.48 bits per heavy atom.